The average molecular weight is 287 g/mol. The molecule has 0 radical (unpaired) electrons. The lowest BCUT2D eigenvalue weighted by atomic mass is 10.1. The van der Waals surface area contributed by atoms with E-state index in [0.717, 1.165) is 10.8 Å². The summed E-state index contributed by atoms with van der Waals surface area (Å²) in [6.45, 7) is 0.282. The van der Waals surface area contributed by atoms with E-state index in [9.17, 15) is 15.0 Å². The Morgan fingerprint density at radius 3 is 2.48 bits per heavy atom. The van der Waals surface area contributed by atoms with Crippen LogP contribution in [0.2, 0.25) is 0 Å². The molecule has 1 fully saturated rings. The molecule has 1 aliphatic heterocycles. The molecule has 21 heavy (non-hydrogen) atoms. The van der Waals surface area contributed by atoms with Crippen LogP contribution in [-0.4, -0.2) is 58.3 Å². The van der Waals surface area contributed by atoms with Crippen LogP contribution in [0.3, 0.4) is 0 Å². The minimum absolute atomic E-state index is 0.141. The number of β-amino-alcohol motifs (C(OH)–C–C–N with tert-alkyl or cyclic N) is 2. The highest BCUT2D eigenvalue weighted by atomic mass is 16.3. The van der Waals surface area contributed by atoms with Gasteiger partial charge in [0.05, 0.1) is 17.8 Å². The third kappa shape index (κ3) is 2.32. The normalized spacial score (nSPS) is 21.8. The first-order valence-corrected chi connectivity index (χ1v) is 6.82. The molecular formula is C15H17N3O3. The second-order valence-electron chi connectivity index (χ2n) is 5.16. The van der Waals surface area contributed by atoms with Crippen molar-refractivity contribution in [2.24, 2.45) is 0 Å². The predicted molar refractivity (Wildman–Crippen MR) is 79.2 cm³/mol. The number of aliphatic hydroxyl groups is 2. The Morgan fingerprint density at radius 2 is 1.86 bits per heavy atom. The number of amides is 1. The van der Waals surface area contributed by atoms with Crippen LogP contribution in [0, 0.1) is 0 Å². The average Bonchev–Trinajstić information content (AvgIpc) is 2.85. The molecule has 1 saturated heterocycles. The van der Waals surface area contributed by atoms with Gasteiger partial charge < -0.3 is 20.4 Å². The van der Waals surface area contributed by atoms with Crippen molar-refractivity contribution in [1.29, 1.82) is 0 Å². The summed E-state index contributed by atoms with van der Waals surface area (Å²) in [4.78, 5) is 18.3. The molecule has 3 rings (SSSR count). The molecule has 110 valence electrons. The molecule has 0 saturated carbocycles. The third-order valence-electron chi connectivity index (χ3n) is 3.81. The van der Waals surface area contributed by atoms with Gasteiger partial charge in [-0.05, 0) is 5.39 Å². The number of carbonyl (C=O) groups excluding carboxylic acids is 1. The van der Waals surface area contributed by atoms with Gasteiger partial charge in [-0.1, -0.05) is 24.3 Å². The Hall–Kier alpha value is -2.18. The Labute approximate surface area is 122 Å². The Balaban J connectivity index is 2.03. The summed E-state index contributed by atoms with van der Waals surface area (Å²) in [5.41, 5.74) is 0.478. The van der Waals surface area contributed by atoms with Gasteiger partial charge in [-0.2, -0.15) is 0 Å². The number of rotatable bonds is 2. The van der Waals surface area contributed by atoms with Gasteiger partial charge in [-0.25, -0.2) is 4.98 Å². The summed E-state index contributed by atoms with van der Waals surface area (Å²) < 4.78 is 0. The lowest BCUT2D eigenvalue weighted by Crippen LogP contribution is -2.30. The van der Waals surface area contributed by atoms with Crippen LogP contribution in [-0.2, 0) is 0 Å². The van der Waals surface area contributed by atoms with Crippen molar-refractivity contribution in [3.05, 3.63) is 36.0 Å². The summed E-state index contributed by atoms with van der Waals surface area (Å²) in [5, 5.41) is 23.9. The molecule has 0 aliphatic carbocycles. The number of hydrogen-bond donors (Lipinski definition) is 3. The molecule has 1 amide bonds. The van der Waals surface area contributed by atoms with Crippen molar-refractivity contribution in [3.63, 3.8) is 0 Å². The van der Waals surface area contributed by atoms with E-state index in [1.807, 2.05) is 24.3 Å². The van der Waals surface area contributed by atoms with Gasteiger partial charge in [0.2, 0.25) is 0 Å². The van der Waals surface area contributed by atoms with Crippen LogP contribution in [0.1, 0.15) is 10.4 Å². The van der Waals surface area contributed by atoms with E-state index >= 15 is 0 Å². The predicted octanol–water partition coefficient (Wildman–Crippen LogP) is 0.454. The molecular weight excluding hydrogens is 270 g/mol. The lowest BCUT2D eigenvalue weighted by Gasteiger charge is -2.17. The van der Waals surface area contributed by atoms with E-state index in [-0.39, 0.29) is 19.0 Å². The highest BCUT2D eigenvalue weighted by molar-refractivity contribution is 6.09. The molecule has 2 unspecified atom stereocenters. The van der Waals surface area contributed by atoms with Crippen molar-refractivity contribution in [2.75, 3.05) is 25.5 Å². The first-order chi connectivity index (χ1) is 10.1. The first kappa shape index (κ1) is 13.8. The van der Waals surface area contributed by atoms with Crippen LogP contribution in [0.4, 0.5) is 5.82 Å². The van der Waals surface area contributed by atoms with Gasteiger partial charge in [0.15, 0.2) is 0 Å². The molecule has 3 N–H and O–H groups in total. The maximum atomic E-state index is 12.6. The fourth-order valence-corrected chi connectivity index (χ4v) is 2.67. The Kier molecular flexibility index (Phi) is 3.48. The monoisotopic (exact) mass is 287 g/mol. The molecule has 6 nitrogen and oxygen atoms in total. The molecule has 1 aromatic heterocycles. The summed E-state index contributed by atoms with van der Waals surface area (Å²) in [5.74, 6) is 0.487. The number of pyridine rings is 1. The summed E-state index contributed by atoms with van der Waals surface area (Å²) >= 11 is 0. The largest absolute Gasteiger partial charge is 0.388 e. The zero-order valence-electron chi connectivity index (χ0n) is 11.7. The van der Waals surface area contributed by atoms with Crippen LogP contribution in [0.5, 0.6) is 0 Å². The van der Waals surface area contributed by atoms with Crippen molar-refractivity contribution >= 4 is 22.5 Å². The number of carbonyl (C=O) groups is 1. The standard InChI is InChI=1S/C15H17N3O3/c1-16-14-10-5-3-2-4-9(10)11(6-17-14)15(21)18-7-12(19)13(20)8-18/h2-6,12-13,19-20H,7-8H2,1H3,(H,16,17). The van der Waals surface area contributed by atoms with Gasteiger partial charge in [0.25, 0.3) is 5.91 Å². The number of likely N-dealkylation sites (tertiary alicyclic amines) is 1. The van der Waals surface area contributed by atoms with Gasteiger partial charge in [0.1, 0.15) is 5.82 Å². The zero-order valence-corrected chi connectivity index (χ0v) is 11.7. The van der Waals surface area contributed by atoms with Crippen LogP contribution < -0.4 is 5.32 Å². The number of aliphatic hydroxyl groups excluding tert-OH is 2. The number of hydrogen-bond acceptors (Lipinski definition) is 5. The second kappa shape index (κ2) is 5.31. The maximum absolute atomic E-state index is 12.6. The van der Waals surface area contributed by atoms with Crippen molar-refractivity contribution in [2.45, 2.75) is 12.2 Å². The van der Waals surface area contributed by atoms with E-state index in [2.05, 4.69) is 10.3 Å². The summed E-state index contributed by atoms with van der Waals surface area (Å²) in [6, 6.07) is 7.53. The lowest BCUT2D eigenvalue weighted by molar-refractivity contribution is 0.0572. The van der Waals surface area contributed by atoms with Crippen LogP contribution in [0.15, 0.2) is 30.5 Å². The molecule has 0 spiro atoms. The zero-order chi connectivity index (χ0) is 15.0. The van der Waals surface area contributed by atoms with Gasteiger partial charge >= 0.3 is 0 Å². The van der Waals surface area contributed by atoms with Crippen LogP contribution >= 0.6 is 0 Å². The number of aromatic nitrogens is 1. The molecule has 1 aromatic carbocycles. The smallest absolute Gasteiger partial charge is 0.256 e. The summed E-state index contributed by atoms with van der Waals surface area (Å²) in [6.07, 6.45) is -0.234. The van der Waals surface area contributed by atoms with E-state index < -0.39 is 12.2 Å². The van der Waals surface area contributed by atoms with E-state index in [1.165, 1.54) is 11.1 Å². The SMILES string of the molecule is CNc1ncc(C(=O)N2CC(O)C(O)C2)c2ccccc12. The molecule has 1 aliphatic rings. The minimum Gasteiger partial charge on any atom is -0.388 e. The topological polar surface area (TPSA) is 85.7 Å². The molecule has 6 heteroatoms. The highest BCUT2D eigenvalue weighted by Crippen LogP contribution is 2.26. The first-order valence-electron chi connectivity index (χ1n) is 6.82. The van der Waals surface area contributed by atoms with E-state index in [4.69, 9.17) is 0 Å². The fourth-order valence-electron chi connectivity index (χ4n) is 2.67. The summed E-state index contributed by atoms with van der Waals surface area (Å²) in [7, 11) is 1.78. The van der Waals surface area contributed by atoms with Gasteiger partial charge in [-0.3, -0.25) is 4.79 Å². The van der Waals surface area contributed by atoms with Crippen molar-refractivity contribution in [3.8, 4) is 0 Å². The van der Waals surface area contributed by atoms with E-state index in [0.29, 0.717) is 11.4 Å². The second-order valence-corrected chi connectivity index (χ2v) is 5.16. The number of nitrogens with zero attached hydrogens (tertiary/aromatic N) is 2. The van der Waals surface area contributed by atoms with Gasteiger partial charge in [-0.15, -0.1) is 0 Å². The van der Waals surface area contributed by atoms with Gasteiger partial charge in [0, 0.05) is 31.7 Å². The number of anilines is 1. The van der Waals surface area contributed by atoms with E-state index in [1.54, 1.807) is 7.05 Å². The molecule has 2 atom stereocenters. The number of benzene rings is 1. The molecule has 2 aromatic rings. The molecule has 2 heterocycles. The van der Waals surface area contributed by atoms with Crippen LogP contribution in [0.25, 0.3) is 10.8 Å². The quantitative estimate of drug-likeness (QED) is 0.747. The maximum Gasteiger partial charge on any atom is 0.256 e. The third-order valence-corrected chi connectivity index (χ3v) is 3.81. The minimum atomic E-state index is -0.884. The van der Waals surface area contributed by atoms with Crippen molar-refractivity contribution in [1.82, 2.24) is 9.88 Å². The van der Waals surface area contributed by atoms with Crippen molar-refractivity contribution < 1.29 is 15.0 Å². The molecule has 0 bridgehead atoms. The number of nitrogens with one attached hydrogen (secondary N) is 1. The highest BCUT2D eigenvalue weighted by Gasteiger charge is 2.33. The number of fused-ring (bicyclic) bond motifs is 1. The fraction of sp³-hybridized carbons (Fsp3) is 0.333. The Bertz CT molecular complexity index is 679. The Morgan fingerprint density at radius 1 is 1.24 bits per heavy atom.